The van der Waals surface area contributed by atoms with Crippen molar-refractivity contribution in [3.05, 3.63) is 29.8 Å². The lowest BCUT2D eigenvalue weighted by atomic mass is 10.1. The lowest BCUT2D eigenvalue weighted by Crippen LogP contribution is -2.19. The molecule has 1 aromatic rings. The average Bonchev–Trinajstić information content (AvgIpc) is 2.46. The summed E-state index contributed by atoms with van der Waals surface area (Å²) < 4.78 is 0. The molecule has 19 heavy (non-hydrogen) atoms. The zero-order valence-corrected chi connectivity index (χ0v) is 12.9. The van der Waals surface area contributed by atoms with Gasteiger partial charge in [0.05, 0.1) is 0 Å². The van der Waals surface area contributed by atoms with Gasteiger partial charge in [-0.2, -0.15) is 0 Å². The number of hydrogen-bond donors (Lipinski definition) is 1. The number of anilines is 1. The highest BCUT2D eigenvalue weighted by atomic mass is 15.1. The molecule has 0 saturated heterocycles. The summed E-state index contributed by atoms with van der Waals surface area (Å²) in [5.41, 5.74) is 2.75. The zero-order chi connectivity index (χ0) is 13.9. The molecule has 2 heteroatoms. The molecule has 0 heterocycles. The summed E-state index contributed by atoms with van der Waals surface area (Å²) in [7, 11) is 2.19. The minimum Gasteiger partial charge on any atom is -0.375 e. The summed E-state index contributed by atoms with van der Waals surface area (Å²) in [6, 6.07) is 8.95. The van der Waals surface area contributed by atoms with Crippen molar-refractivity contribution in [2.45, 2.75) is 46.0 Å². The maximum atomic E-state index is 3.45. The lowest BCUT2D eigenvalue weighted by molar-refractivity contribution is 0.598. The molecule has 0 aromatic heterocycles. The van der Waals surface area contributed by atoms with Crippen LogP contribution in [0, 0.1) is 0 Å². The number of hydrogen-bond acceptors (Lipinski definition) is 2. The van der Waals surface area contributed by atoms with Gasteiger partial charge in [0, 0.05) is 19.3 Å². The molecule has 2 nitrogen and oxygen atoms in total. The molecule has 0 spiro atoms. The Labute approximate surface area is 119 Å². The smallest absolute Gasteiger partial charge is 0.0363 e. The fraction of sp³-hybridized carbons (Fsp3) is 0.647. The Morgan fingerprint density at radius 1 is 0.947 bits per heavy atom. The largest absolute Gasteiger partial charge is 0.375 e. The van der Waals surface area contributed by atoms with Crippen LogP contribution in [0.25, 0.3) is 0 Å². The van der Waals surface area contributed by atoms with Gasteiger partial charge in [0.25, 0.3) is 0 Å². The van der Waals surface area contributed by atoms with Gasteiger partial charge in [-0.05, 0) is 56.5 Å². The first-order valence-electron chi connectivity index (χ1n) is 7.78. The van der Waals surface area contributed by atoms with Crippen LogP contribution in [0.2, 0.25) is 0 Å². The molecular formula is C17H30N2. The topological polar surface area (TPSA) is 15.3 Å². The number of aryl methyl sites for hydroxylation is 1. The standard InChI is InChI=1S/C17H30N2/c1-4-13-18-14-7-6-8-15-19(3)17-11-9-16(5-2)10-12-17/h9-12,18H,4-8,13-15H2,1-3H3. The monoisotopic (exact) mass is 262 g/mol. The fourth-order valence-electron chi connectivity index (χ4n) is 2.19. The summed E-state index contributed by atoms with van der Waals surface area (Å²) in [4.78, 5) is 2.36. The highest BCUT2D eigenvalue weighted by Crippen LogP contribution is 2.14. The van der Waals surface area contributed by atoms with Crippen LogP contribution in [-0.2, 0) is 6.42 Å². The lowest BCUT2D eigenvalue weighted by Gasteiger charge is -2.19. The van der Waals surface area contributed by atoms with E-state index in [0.717, 1.165) is 19.5 Å². The Morgan fingerprint density at radius 3 is 2.32 bits per heavy atom. The van der Waals surface area contributed by atoms with Crippen molar-refractivity contribution < 1.29 is 0 Å². The summed E-state index contributed by atoms with van der Waals surface area (Å²) >= 11 is 0. The molecule has 0 unspecified atom stereocenters. The van der Waals surface area contributed by atoms with Crippen LogP contribution in [0.3, 0.4) is 0 Å². The van der Waals surface area contributed by atoms with E-state index in [1.807, 2.05) is 0 Å². The first-order valence-corrected chi connectivity index (χ1v) is 7.78. The molecule has 0 fully saturated rings. The van der Waals surface area contributed by atoms with Crippen molar-refractivity contribution >= 4 is 5.69 Å². The third kappa shape index (κ3) is 6.63. The minimum absolute atomic E-state index is 1.12. The van der Waals surface area contributed by atoms with Gasteiger partial charge in [0.2, 0.25) is 0 Å². The van der Waals surface area contributed by atoms with Gasteiger partial charge in [-0.15, -0.1) is 0 Å². The van der Waals surface area contributed by atoms with Crippen molar-refractivity contribution in [1.82, 2.24) is 5.32 Å². The van der Waals surface area contributed by atoms with E-state index in [1.165, 1.54) is 43.5 Å². The van der Waals surface area contributed by atoms with E-state index in [0.29, 0.717) is 0 Å². The van der Waals surface area contributed by atoms with Crippen molar-refractivity contribution in [2.24, 2.45) is 0 Å². The second-order valence-electron chi connectivity index (χ2n) is 5.25. The van der Waals surface area contributed by atoms with Crippen molar-refractivity contribution in [3.63, 3.8) is 0 Å². The number of unbranched alkanes of at least 4 members (excludes halogenated alkanes) is 2. The highest BCUT2D eigenvalue weighted by Gasteiger charge is 2.00. The second kappa shape index (κ2) is 9.85. The Balaban J connectivity index is 2.14. The Hall–Kier alpha value is -1.02. The van der Waals surface area contributed by atoms with Gasteiger partial charge in [-0.3, -0.25) is 0 Å². The van der Waals surface area contributed by atoms with Crippen LogP contribution in [0.1, 0.15) is 45.1 Å². The predicted octanol–water partition coefficient (Wildman–Crippen LogP) is 3.86. The molecule has 1 rings (SSSR count). The molecule has 0 aliphatic heterocycles. The highest BCUT2D eigenvalue weighted by molar-refractivity contribution is 5.46. The summed E-state index contributed by atoms with van der Waals surface area (Å²) in [5, 5.41) is 3.45. The molecule has 0 atom stereocenters. The van der Waals surface area contributed by atoms with Crippen LogP contribution >= 0.6 is 0 Å². The van der Waals surface area contributed by atoms with Crippen molar-refractivity contribution in [3.8, 4) is 0 Å². The predicted molar refractivity (Wildman–Crippen MR) is 86.1 cm³/mol. The summed E-state index contributed by atoms with van der Waals surface area (Å²) in [5.74, 6) is 0. The van der Waals surface area contributed by atoms with E-state index in [9.17, 15) is 0 Å². The zero-order valence-electron chi connectivity index (χ0n) is 12.9. The number of rotatable bonds is 10. The summed E-state index contributed by atoms with van der Waals surface area (Å²) in [6.07, 6.45) is 6.24. The quantitative estimate of drug-likeness (QED) is 0.644. The Morgan fingerprint density at radius 2 is 1.68 bits per heavy atom. The molecule has 0 radical (unpaired) electrons. The Kier molecular flexibility index (Phi) is 8.31. The van der Waals surface area contributed by atoms with Crippen molar-refractivity contribution in [2.75, 3.05) is 31.6 Å². The van der Waals surface area contributed by atoms with Gasteiger partial charge in [-0.1, -0.05) is 32.4 Å². The van der Waals surface area contributed by atoms with E-state index in [1.54, 1.807) is 0 Å². The van der Waals surface area contributed by atoms with Crippen LogP contribution in [0.4, 0.5) is 5.69 Å². The third-order valence-electron chi connectivity index (χ3n) is 3.56. The molecule has 1 aromatic carbocycles. The molecule has 0 aliphatic rings. The van der Waals surface area contributed by atoms with Crippen molar-refractivity contribution in [1.29, 1.82) is 0 Å². The van der Waals surface area contributed by atoms with Gasteiger partial charge in [-0.25, -0.2) is 0 Å². The molecule has 0 amide bonds. The Bertz CT molecular complexity index is 319. The molecular weight excluding hydrogens is 232 g/mol. The first kappa shape index (κ1) is 16.0. The van der Waals surface area contributed by atoms with Gasteiger partial charge in [0.1, 0.15) is 0 Å². The van der Waals surface area contributed by atoms with E-state index in [-0.39, 0.29) is 0 Å². The maximum absolute atomic E-state index is 3.45. The second-order valence-corrected chi connectivity index (χ2v) is 5.25. The number of nitrogens with zero attached hydrogens (tertiary/aromatic N) is 1. The van der Waals surface area contributed by atoms with E-state index in [4.69, 9.17) is 0 Å². The SMILES string of the molecule is CCCNCCCCCN(C)c1ccc(CC)cc1. The van der Waals surface area contributed by atoms with Gasteiger partial charge < -0.3 is 10.2 Å². The third-order valence-corrected chi connectivity index (χ3v) is 3.56. The number of nitrogens with one attached hydrogen (secondary N) is 1. The van der Waals surface area contributed by atoms with Crippen LogP contribution in [0.15, 0.2) is 24.3 Å². The normalized spacial score (nSPS) is 10.7. The molecule has 108 valence electrons. The molecule has 0 bridgehead atoms. The molecule has 0 aliphatic carbocycles. The van der Waals surface area contributed by atoms with Crippen LogP contribution < -0.4 is 10.2 Å². The fourth-order valence-corrected chi connectivity index (χ4v) is 2.19. The van der Waals surface area contributed by atoms with Crippen LogP contribution in [-0.4, -0.2) is 26.7 Å². The first-order chi connectivity index (χ1) is 9.27. The van der Waals surface area contributed by atoms with Gasteiger partial charge in [0.15, 0.2) is 0 Å². The summed E-state index contributed by atoms with van der Waals surface area (Å²) in [6.45, 7) is 7.89. The maximum Gasteiger partial charge on any atom is 0.0363 e. The van der Waals surface area contributed by atoms with Crippen LogP contribution in [0.5, 0.6) is 0 Å². The number of benzene rings is 1. The molecule has 1 N–H and O–H groups in total. The average molecular weight is 262 g/mol. The van der Waals surface area contributed by atoms with E-state index < -0.39 is 0 Å². The molecule has 0 saturated carbocycles. The van der Waals surface area contributed by atoms with Gasteiger partial charge >= 0.3 is 0 Å². The minimum atomic E-state index is 1.12. The van der Waals surface area contributed by atoms with E-state index in [2.05, 4.69) is 55.4 Å². The van der Waals surface area contributed by atoms with E-state index >= 15 is 0 Å².